The Balaban J connectivity index is 0.000000422. The molecule has 1 fully saturated rings. The van der Waals surface area contributed by atoms with Crippen LogP contribution in [0.1, 0.15) is 47.0 Å². The average Bonchev–Trinajstić information content (AvgIpc) is 2.46. The summed E-state index contributed by atoms with van der Waals surface area (Å²) in [6, 6.07) is -0.196. The molecule has 1 amide bonds. The lowest BCUT2D eigenvalue weighted by atomic mass is 9.96. The molecule has 3 N–H and O–H groups in total. The van der Waals surface area contributed by atoms with Crippen molar-refractivity contribution in [2.24, 2.45) is 11.8 Å². The number of rotatable bonds is 5. The van der Waals surface area contributed by atoms with Crippen molar-refractivity contribution in [3.63, 3.8) is 0 Å². The standard InChI is InChI=1S/C8H15NO3.C8H15NO2/c1-5(2)4-7(8(11)12)9-6(3)10;1-6-3-4-7(5-9-6)8(10)11-2/h5,7H,4H2,1-3H3,(H,9,10)(H,11,12);6-7,9H,3-5H2,1-2H3. The molecule has 134 valence electrons. The molecule has 0 aromatic carbocycles. The summed E-state index contributed by atoms with van der Waals surface area (Å²) < 4.78 is 4.65. The third-order valence-electron chi connectivity index (χ3n) is 3.58. The zero-order valence-corrected chi connectivity index (χ0v) is 14.7. The molecule has 1 aliphatic heterocycles. The van der Waals surface area contributed by atoms with Gasteiger partial charge in [0, 0.05) is 19.5 Å². The van der Waals surface area contributed by atoms with E-state index in [2.05, 4.69) is 22.3 Å². The molecule has 0 spiro atoms. The lowest BCUT2D eigenvalue weighted by Crippen LogP contribution is -2.40. The SMILES string of the molecule is CC(=O)NC(CC(C)C)C(=O)O.COC(=O)C1CCC(C)NC1. The van der Waals surface area contributed by atoms with E-state index in [1.165, 1.54) is 14.0 Å². The van der Waals surface area contributed by atoms with Crippen molar-refractivity contribution in [2.45, 2.75) is 59.0 Å². The first kappa shape index (κ1) is 21.4. The number of ether oxygens (including phenoxy) is 1. The van der Waals surface area contributed by atoms with Gasteiger partial charge in [-0.3, -0.25) is 9.59 Å². The average molecular weight is 330 g/mol. The Labute approximate surface area is 138 Å². The van der Waals surface area contributed by atoms with Crippen molar-refractivity contribution < 1.29 is 24.2 Å². The first-order valence-corrected chi connectivity index (χ1v) is 7.98. The molecule has 0 aromatic heterocycles. The molecule has 0 aliphatic carbocycles. The largest absolute Gasteiger partial charge is 0.480 e. The maximum absolute atomic E-state index is 11.0. The van der Waals surface area contributed by atoms with E-state index in [9.17, 15) is 14.4 Å². The van der Waals surface area contributed by atoms with E-state index in [0.717, 1.165) is 19.4 Å². The van der Waals surface area contributed by atoms with E-state index in [1.54, 1.807) is 0 Å². The molecule has 0 radical (unpaired) electrons. The Bertz CT molecular complexity index is 390. The highest BCUT2D eigenvalue weighted by molar-refractivity contribution is 5.82. The smallest absolute Gasteiger partial charge is 0.326 e. The van der Waals surface area contributed by atoms with Gasteiger partial charge in [-0.25, -0.2) is 4.79 Å². The van der Waals surface area contributed by atoms with Gasteiger partial charge in [0.25, 0.3) is 0 Å². The maximum Gasteiger partial charge on any atom is 0.326 e. The first-order chi connectivity index (χ1) is 10.7. The van der Waals surface area contributed by atoms with Crippen molar-refractivity contribution in [3.05, 3.63) is 0 Å². The number of methoxy groups -OCH3 is 1. The second kappa shape index (κ2) is 11.0. The third kappa shape index (κ3) is 9.89. The highest BCUT2D eigenvalue weighted by atomic mass is 16.5. The summed E-state index contributed by atoms with van der Waals surface area (Å²) in [4.78, 5) is 32.1. The highest BCUT2D eigenvalue weighted by Gasteiger charge is 2.24. The molecule has 1 aliphatic rings. The zero-order chi connectivity index (χ0) is 18.0. The van der Waals surface area contributed by atoms with Gasteiger partial charge in [0.15, 0.2) is 0 Å². The number of carbonyl (C=O) groups excluding carboxylic acids is 2. The predicted octanol–water partition coefficient (Wildman–Crippen LogP) is 1.17. The summed E-state index contributed by atoms with van der Waals surface area (Å²) in [6.07, 6.45) is 2.50. The van der Waals surface area contributed by atoms with Crippen molar-refractivity contribution in [1.82, 2.24) is 10.6 Å². The van der Waals surface area contributed by atoms with Gasteiger partial charge in [0.2, 0.25) is 5.91 Å². The van der Waals surface area contributed by atoms with Gasteiger partial charge in [-0.1, -0.05) is 13.8 Å². The van der Waals surface area contributed by atoms with Crippen LogP contribution in [-0.4, -0.2) is 48.7 Å². The van der Waals surface area contributed by atoms with Gasteiger partial charge in [-0.15, -0.1) is 0 Å². The van der Waals surface area contributed by atoms with Crippen LogP contribution in [0.25, 0.3) is 0 Å². The quantitative estimate of drug-likeness (QED) is 0.654. The van der Waals surface area contributed by atoms with Gasteiger partial charge in [-0.05, 0) is 32.1 Å². The Morgan fingerprint density at radius 1 is 1.30 bits per heavy atom. The summed E-state index contributed by atoms with van der Waals surface area (Å²) in [6.45, 7) is 8.05. The van der Waals surface area contributed by atoms with E-state index in [-0.39, 0.29) is 23.7 Å². The number of carboxylic acids is 1. The molecule has 0 aromatic rings. The van der Waals surface area contributed by atoms with Gasteiger partial charge in [0.05, 0.1) is 13.0 Å². The van der Waals surface area contributed by atoms with Crippen LogP contribution in [0.5, 0.6) is 0 Å². The van der Waals surface area contributed by atoms with E-state index in [1.807, 2.05) is 13.8 Å². The van der Waals surface area contributed by atoms with E-state index in [0.29, 0.717) is 12.5 Å². The second-order valence-corrected chi connectivity index (χ2v) is 6.33. The summed E-state index contributed by atoms with van der Waals surface area (Å²) in [5.41, 5.74) is 0. The van der Waals surface area contributed by atoms with Gasteiger partial charge < -0.3 is 20.5 Å². The first-order valence-electron chi connectivity index (χ1n) is 7.98. The minimum absolute atomic E-state index is 0.0793. The maximum atomic E-state index is 11.0. The second-order valence-electron chi connectivity index (χ2n) is 6.33. The lowest BCUT2D eigenvalue weighted by Gasteiger charge is -2.25. The number of hydrogen-bond acceptors (Lipinski definition) is 5. The normalized spacial score (nSPS) is 21.7. The molecule has 1 heterocycles. The number of esters is 1. The number of carbonyl (C=O) groups is 3. The van der Waals surface area contributed by atoms with Crippen LogP contribution in [0.15, 0.2) is 0 Å². The van der Waals surface area contributed by atoms with Gasteiger partial charge in [-0.2, -0.15) is 0 Å². The molecule has 7 nitrogen and oxygen atoms in total. The number of aliphatic carboxylic acids is 1. The van der Waals surface area contributed by atoms with E-state index in [4.69, 9.17) is 5.11 Å². The molecule has 3 unspecified atom stereocenters. The van der Waals surface area contributed by atoms with Crippen molar-refractivity contribution in [1.29, 1.82) is 0 Å². The molecule has 0 saturated carbocycles. The zero-order valence-electron chi connectivity index (χ0n) is 14.7. The van der Waals surface area contributed by atoms with Crippen LogP contribution in [0, 0.1) is 11.8 Å². The van der Waals surface area contributed by atoms with Crippen LogP contribution >= 0.6 is 0 Å². The minimum Gasteiger partial charge on any atom is -0.480 e. The minimum atomic E-state index is -0.973. The molecule has 3 atom stereocenters. The van der Waals surface area contributed by atoms with Crippen LogP contribution in [0.2, 0.25) is 0 Å². The molecular weight excluding hydrogens is 300 g/mol. The van der Waals surface area contributed by atoms with Crippen LogP contribution < -0.4 is 10.6 Å². The summed E-state index contributed by atoms with van der Waals surface area (Å²) >= 11 is 0. The lowest BCUT2D eigenvalue weighted by molar-refractivity contribution is -0.146. The Kier molecular flexibility index (Phi) is 10.2. The topological polar surface area (TPSA) is 105 Å². The predicted molar refractivity (Wildman–Crippen MR) is 86.9 cm³/mol. The van der Waals surface area contributed by atoms with Gasteiger partial charge in [0.1, 0.15) is 6.04 Å². The van der Waals surface area contributed by atoms with Crippen LogP contribution in [0.3, 0.4) is 0 Å². The van der Waals surface area contributed by atoms with Crippen molar-refractivity contribution in [3.8, 4) is 0 Å². The number of nitrogens with one attached hydrogen (secondary N) is 2. The van der Waals surface area contributed by atoms with E-state index < -0.39 is 12.0 Å². The third-order valence-corrected chi connectivity index (χ3v) is 3.58. The molecule has 1 rings (SSSR count). The van der Waals surface area contributed by atoms with Crippen molar-refractivity contribution in [2.75, 3.05) is 13.7 Å². The van der Waals surface area contributed by atoms with Crippen molar-refractivity contribution >= 4 is 17.8 Å². The van der Waals surface area contributed by atoms with Crippen LogP contribution in [-0.2, 0) is 19.1 Å². The van der Waals surface area contributed by atoms with Crippen LogP contribution in [0.4, 0.5) is 0 Å². The molecule has 1 saturated heterocycles. The summed E-state index contributed by atoms with van der Waals surface area (Å²) in [5, 5.41) is 14.3. The van der Waals surface area contributed by atoms with Gasteiger partial charge >= 0.3 is 11.9 Å². The molecule has 23 heavy (non-hydrogen) atoms. The number of carboxylic acid groups (broad SMARTS) is 1. The van der Waals surface area contributed by atoms with E-state index >= 15 is 0 Å². The monoisotopic (exact) mass is 330 g/mol. The fourth-order valence-electron chi connectivity index (χ4n) is 2.30. The summed E-state index contributed by atoms with van der Waals surface area (Å²) in [5.74, 6) is -1.01. The summed E-state index contributed by atoms with van der Waals surface area (Å²) in [7, 11) is 1.44. The highest BCUT2D eigenvalue weighted by Crippen LogP contribution is 2.14. The Morgan fingerprint density at radius 3 is 2.26 bits per heavy atom. The fourth-order valence-corrected chi connectivity index (χ4v) is 2.30. The molecule has 0 bridgehead atoms. The molecule has 7 heteroatoms. The molecular formula is C16H30N2O5. The number of hydrogen-bond donors (Lipinski definition) is 3. The number of piperidine rings is 1. The Hall–Kier alpha value is -1.63. The number of amides is 1. The Morgan fingerprint density at radius 2 is 1.91 bits per heavy atom. The fraction of sp³-hybridized carbons (Fsp3) is 0.812.